The monoisotopic (exact) mass is 354 g/mol. The van der Waals surface area contributed by atoms with Gasteiger partial charge in [-0.3, -0.25) is 5.32 Å². The third kappa shape index (κ3) is 5.81. The first-order valence-electron chi connectivity index (χ1n) is 2.94. The predicted molar refractivity (Wildman–Crippen MR) is 57.9 cm³/mol. The van der Waals surface area contributed by atoms with Crippen LogP contribution in [0.3, 0.4) is 0 Å². The predicted octanol–water partition coefficient (Wildman–Crippen LogP) is 2.03. The van der Waals surface area contributed by atoms with Crippen LogP contribution >= 0.6 is 45.5 Å². The average molecular weight is 354 g/mol. The van der Waals surface area contributed by atoms with Crippen LogP contribution in [0.25, 0.3) is 0 Å². The quantitative estimate of drug-likeness (QED) is 0.266. The van der Waals surface area contributed by atoms with Gasteiger partial charge in [-0.05, 0) is 42.5 Å². The molecule has 9 heavy (non-hydrogen) atoms. The molecule has 1 unspecified atom stereocenters. The van der Waals surface area contributed by atoms with Crippen molar-refractivity contribution in [2.45, 2.75) is 23.9 Å². The lowest BCUT2D eigenvalue weighted by Crippen LogP contribution is -2.44. The van der Waals surface area contributed by atoms with Crippen molar-refractivity contribution in [2.75, 3.05) is 6.54 Å². The van der Waals surface area contributed by atoms with Gasteiger partial charge in [0, 0.05) is 22.9 Å². The molecule has 0 aromatic rings. The minimum Gasteiger partial charge on any atom is -0.291 e. The number of rotatable bonds is 4. The van der Waals surface area contributed by atoms with Gasteiger partial charge in [-0.15, -0.1) is 0 Å². The summed E-state index contributed by atoms with van der Waals surface area (Å²) in [5, 5.41) is 3.33. The van der Waals surface area contributed by atoms with Gasteiger partial charge in [0.2, 0.25) is 0 Å². The lowest BCUT2D eigenvalue weighted by atomic mass is 10.4. The summed E-state index contributed by atoms with van der Waals surface area (Å²) in [4.78, 5) is 0. The summed E-state index contributed by atoms with van der Waals surface area (Å²) < 4.78 is 3.17. The third-order valence-corrected chi connectivity index (χ3v) is 3.65. The maximum atomic E-state index is 3.33. The van der Waals surface area contributed by atoms with Crippen LogP contribution in [0.15, 0.2) is 0 Å². The molecule has 2 N–H and O–H groups in total. The summed E-state index contributed by atoms with van der Waals surface area (Å²) in [6, 6.07) is 0. The molecule has 0 saturated heterocycles. The van der Waals surface area contributed by atoms with E-state index >= 15 is 0 Å². The molecule has 0 aliphatic rings. The highest BCUT2D eigenvalue weighted by Gasteiger charge is 2.14. The van der Waals surface area contributed by atoms with E-state index in [2.05, 4.69) is 68.1 Å². The molecule has 0 saturated carbocycles. The van der Waals surface area contributed by atoms with E-state index in [0.29, 0.717) is 0 Å². The zero-order chi connectivity index (χ0) is 7.33. The Bertz CT molecular complexity index is 75.4. The Labute approximate surface area is 84.2 Å². The van der Waals surface area contributed by atoms with E-state index in [1.54, 1.807) is 0 Å². The van der Waals surface area contributed by atoms with Crippen molar-refractivity contribution in [1.82, 2.24) is 8.85 Å². The van der Waals surface area contributed by atoms with Crippen LogP contribution in [0, 0.1) is 0 Å². The smallest absolute Gasteiger partial charge is 0.127 e. The molecule has 0 fully saturated rings. The number of halogens is 2. The Balaban J connectivity index is 3.33. The molecule has 0 aliphatic heterocycles. The van der Waals surface area contributed by atoms with Crippen LogP contribution < -0.4 is 8.85 Å². The second-order valence-electron chi connectivity index (χ2n) is 2.02. The summed E-state index contributed by atoms with van der Waals surface area (Å²) in [5.41, 5.74) is 0. The lowest BCUT2D eigenvalue weighted by Gasteiger charge is -2.21. The Hall–Kier alpha value is 1.38. The standard InChI is InChI=1S/C5H12I2N2/c1-3-4-8-5(2,6)9-7/h8-9H,3-4H2,1-2H3. The van der Waals surface area contributed by atoms with Crippen molar-refractivity contribution in [2.24, 2.45) is 0 Å². The molecule has 0 heterocycles. The van der Waals surface area contributed by atoms with Crippen LogP contribution in [-0.4, -0.2) is 10.2 Å². The van der Waals surface area contributed by atoms with Crippen LogP contribution in [0.1, 0.15) is 20.3 Å². The van der Waals surface area contributed by atoms with Gasteiger partial charge in [-0.2, -0.15) is 0 Å². The third-order valence-electron chi connectivity index (χ3n) is 0.884. The summed E-state index contributed by atoms with van der Waals surface area (Å²) in [6.45, 7) is 5.33. The maximum Gasteiger partial charge on any atom is 0.127 e. The Morgan fingerprint density at radius 2 is 2.11 bits per heavy atom. The highest BCUT2D eigenvalue weighted by molar-refractivity contribution is 14.1. The summed E-state index contributed by atoms with van der Waals surface area (Å²) in [6.07, 6.45) is 1.18. The van der Waals surface area contributed by atoms with Crippen LogP contribution in [0.2, 0.25) is 0 Å². The molecule has 2 nitrogen and oxygen atoms in total. The van der Waals surface area contributed by atoms with Gasteiger partial charge in [0.1, 0.15) is 3.67 Å². The normalized spacial score (nSPS) is 17.3. The van der Waals surface area contributed by atoms with Gasteiger partial charge in [0.05, 0.1) is 0 Å². The lowest BCUT2D eigenvalue weighted by molar-refractivity contribution is 0.524. The molecule has 0 aliphatic carbocycles. The van der Waals surface area contributed by atoms with Crippen molar-refractivity contribution in [1.29, 1.82) is 0 Å². The van der Waals surface area contributed by atoms with E-state index in [9.17, 15) is 0 Å². The molecular formula is C5H12I2N2. The van der Waals surface area contributed by atoms with Crippen molar-refractivity contribution in [3.05, 3.63) is 0 Å². The average Bonchev–Trinajstić information content (AvgIpc) is 1.84. The largest absolute Gasteiger partial charge is 0.291 e. The van der Waals surface area contributed by atoms with E-state index in [0.717, 1.165) is 6.54 Å². The van der Waals surface area contributed by atoms with E-state index < -0.39 is 0 Å². The fraction of sp³-hybridized carbons (Fsp3) is 1.00. The van der Waals surface area contributed by atoms with Gasteiger partial charge in [-0.25, -0.2) is 3.53 Å². The fourth-order valence-corrected chi connectivity index (χ4v) is 0.854. The molecule has 0 aromatic carbocycles. The number of nitrogens with one attached hydrogen (secondary N) is 2. The van der Waals surface area contributed by atoms with Crippen LogP contribution in [-0.2, 0) is 0 Å². The van der Waals surface area contributed by atoms with Gasteiger partial charge < -0.3 is 0 Å². The summed E-state index contributed by atoms with van der Waals surface area (Å²) in [5.74, 6) is 0. The minimum atomic E-state index is 0.0499. The van der Waals surface area contributed by atoms with Gasteiger partial charge in [-0.1, -0.05) is 6.92 Å². The van der Waals surface area contributed by atoms with E-state index in [-0.39, 0.29) is 3.67 Å². The van der Waals surface area contributed by atoms with Crippen molar-refractivity contribution in [3.8, 4) is 0 Å². The second kappa shape index (κ2) is 5.09. The highest BCUT2D eigenvalue weighted by Crippen LogP contribution is 2.10. The Kier molecular flexibility index (Phi) is 5.87. The summed E-state index contributed by atoms with van der Waals surface area (Å²) >= 11 is 4.48. The second-order valence-corrected chi connectivity index (χ2v) is 4.72. The SMILES string of the molecule is CCCNC(C)(I)NI. The van der Waals surface area contributed by atoms with E-state index in [1.807, 2.05) is 0 Å². The van der Waals surface area contributed by atoms with Crippen LogP contribution in [0.5, 0.6) is 0 Å². The molecule has 0 spiro atoms. The Morgan fingerprint density at radius 3 is 2.44 bits per heavy atom. The first-order valence-corrected chi connectivity index (χ1v) is 5.10. The maximum absolute atomic E-state index is 3.33. The van der Waals surface area contributed by atoms with Crippen molar-refractivity contribution < 1.29 is 0 Å². The zero-order valence-electron chi connectivity index (χ0n) is 5.67. The first-order chi connectivity index (χ1) is 4.12. The fourth-order valence-electron chi connectivity index (χ4n) is 0.393. The molecule has 0 bridgehead atoms. The minimum absolute atomic E-state index is 0.0499. The van der Waals surface area contributed by atoms with Crippen LogP contribution in [0.4, 0.5) is 0 Å². The molecule has 4 heteroatoms. The highest BCUT2D eigenvalue weighted by atomic mass is 127. The van der Waals surface area contributed by atoms with E-state index in [4.69, 9.17) is 0 Å². The van der Waals surface area contributed by atoms with Gasteiger partial charge in [0.15, 0.2) is 0 Å². The number of hydrogen-bond donors (Lipinski definition) is 2. The van der Waals surface area contributed by atoms with Gasteiger partial charge in [0.25, 0.3) is 0 Å². The number of alkyl halides is 1. The first kappa shape index (κ1) is 10.4. The number of hydrogen-bond acceptors (Lipinski definition) is 2. The Morgan fingerprint density at radius 1 is 1.56 bits per heavy atom. The molecular weight excluding hydrogens is 342 g/mol. The zero-order valence-corrected chi connectivity index (χ0v) is 9.99. The van der Waals surface area contributed by atoms with E-state index in [1.165, 1.54) is 6.42 Å². The summed E-state index contributed by atoms with van der Waals surface area (Å²) in [7, 11) is 0. The molecule has 56 valence electrons. The molecule has 0 rings (SSSR count). The molecule has 1 atom stereocenters. The molecule has 0 amide bonds. The molecule has 0 radical (unpaired) electrons. The van der Waals surface area contributed by atoms with Gasteiger partial charge >= 0.3 is 0 Å². The van der Waals surface area contributed by atoms with Crippen molar-refractivity contribution in [3.63, 3.8) is 0 Å². The topological polar surface area (TPSA) is 24.1 Å². The molecule has 0 aromatic heterocycles. The van der Waals surface area contributed by atoms with Crippen molar-refractivity contribution >= 4 is 45.5 Å².